The summed E-state index contributed by atoms with van der Waals surface area (Å²) in [5.74, 6) is 0.0931. The summed E-state index contributed by atoms with van der Waals surface area (Å²) in [5.41, 5.74) is 0.453. The number of benzene rings is 1. The molecule has 0 saturated carbocycles. The highest BCUT2D eigenvalue weighted by Gasteiger charge is 2.27. The van der Waals surface area contributed by atoms with E-state index < -0.39 is 5.60 Å². The first-order valence-electron chi connectivity index (χ1n) is 9.35. The Morgan fingerprint density at radius 2 is 1.84 bits per heavy atom. The zero-order valence-corrected chi connectivity index (χ0v) is 16.0. The summed E-state index contributed by atoms with van der Waals surface area (Å²) < 4.78 is 0. The van der Waals surface area contributed by atoms with Crippen molar-refractivity contribution in [1.82, 2.24) is 15.5 Å². The highest BCUT2D eigenvalue weighted by molar-refractivity contribution is 5.74. The van der Waals surface area contributed by atoms with Crippen molar-refractivity contribution in [2.45, 2.75) is 58.2 Å². The van der Waals surface area contributed by atoms with Crippen LogP contribution in [0.15, 0.2) is 30.3 Å². The number of hydrogen-bond donors (Lipinski definition) is 3. The number of amides is 2. The number of urea groups is 1. The second-order valence-electron chi connectivity index (χ2n) is 7.74. The summed E-state index contributed by atoms with van der Waals surface area (Å²) in [6.45, 7) is 10.1. The van der Waals surface area contributed by atoms with Gasteiger partial charge >= 0.3 is 6.03 Å². The molecule has 1 aromatic rings. The summed E-state index contributed by atoms with van der Waals surface area (Å²) in [6.07, 6.45) is 1.90. The lowest BCUT2D eigenvalue weighted by Crippen LogP contribution is -2.51. The van der Waals surface area contributed by atoms with E-state index in [1.807, 2.05) is 19.9 Å². The summed E-state index contributed by atoms with van der Waals surface area (Å²) in [5, 5.41) is 16.0. The monoisotopic (exact) mass is 347 g/mol. The van der Waals surface area contributed by atoms with Crippen molar-refractivity contribution < 1.29 is 9.90 Å². The van der Waals surface area contributed by atoms with Crippen LogP contribution in [0.1, 0.15) is 52.1 Å². The lowest BCUT2D eigenvalue weighted by molar-refractivity contribution is 0.0164. The lowest BCUT2D eigenvalue weighted by atomic mass is 9.93. The Balaban J connectivity index is 1.74. The van der Waals surface area contributed by atoms with Gasteiger partial charge in [0.1, 0.15) is 0 Å². The van der Waals surface area contributed by atoms with Crippen LogP contribution in [-0.4, -0.2) is 47.3 Å². The van der Waals surface area contributed by atoms with Crippen LogP contribution < -0.4 is 10.6 Å². The molecule has 0 aliphatic carbocycles. The van der Waals surface area contributed by atoms with Crippen LogP contribution >= 0.6 is 0 Å². The van der Waals surface area contributed by atoms with Gasteiger partial charge in [-0.05, 0) is 38.2 Å². The minimum absolute atomic E-state index is 0.0931. The molecule has 0 radical (unpaired) electrons. The topological polar surface area (TPSA) is 64.6 Å². The van der Waals surface area contributed by atoms with Crippen molar-refractivity contribution in [3.63, 3.8) is 0 Å². The van der Waals surface area contributed by atoms with E-state index in [1.54, 1.807) is 6.92 Å². The molecule has 2 unspecified atom stereocenters. The van der Waals surface area contributed by atoms with Gasteiger partial charge in [0, 0.05) is 31.7 Å². The molecular formula is C20H33N3O2. The maximum absolute atomic E-state index is 12.1. The summed E-state index contributed by atoms with van der Waals surface area (Å²) in [4.78, 5) is 14.5. The van der Waals surface area contributed by atoms with Gasteiger partial charge in [-0.25, -0.2) is 4.79 Å². The van der Waals surface area contributed by atoms with Crippen molar-refractivity contribution in [3.8, 4) is 0 Å². The summed E-state index contributed by atoms with van der Waals surface area (Å²) in [6, 6.07) is 11.0. The fourth-order valence-corrected chi connectivity index (χ4v) is 3.07. The molecule has 2 atom stereocenters. The van der Waals surface area contributed by atoms with Gasteiger partial charge in [0.15, 0.2) is 0 Å². The Labute approximate surface area is 151 Å². The Hall–Kier alpha value is -1.59. The van der Waals surface area contributed by atoms with E-state index in [2.05, 4.69) is 46.7 Å². The van der Waals surface area contributed by atoms with Gasteiger partial charge in [0.25, 0.3) is 0 Å². The molecule has 0 aromatic heterocycles. The van der Waals surface area contributed by atoms with Gasteiger partial charge in [-0.15, -0.1) is 0 Å². The maximum atomic E-state index is 12.1. The quantitative estimate of drug-likeness (QED) is 0.741. The highest BCUT2D eigenvalue weighted by Crippen LogP contribution is 2.24. The number of nitrogens with zero attached hydrogens (tertiary/aromatic N) is 1. The molecule has 0 spiro atoms. The molecule has 3 N–H and O–H groups in total. The highest BCUT2D eigenvalue weighted by atomic mass is 16.3. The van der Waals surface area contributed by atoms with Gasteiger partial charge < -0.3 is 15.7 Å². The molecule has 0 bridgehead atoms. The zero-order valence-electron chi connectivity index (χ0n) is 16.0. The molecule has 2 rings (SSSR count). The molecule has 5 nitrogen and oxygen atoms in total. The van der Waals surface area contributed by atoms with Crippen LogP contribution in [0, 0.1) is 5.92 Å². The third-order valence-electron chi connectivity index (χ3n) is 5.55. The van der Waals surface area contributed by atoms with E-state index in [4.69, 9.17) is 0 Å². The number of hydrogen-bond acceptors (Lipinski definition) is 3. The van der Waals surface area contributed by atoms with Gasteiger partial charge in [-0.1, -0.05) is 44.2 Å². The van der Waals surface area contributed by atoms with Gasteiger partial charge in [0.2, 0.25) is 0 Å². The third-order valence-corrected chi connectivity index (χ3v) is 5.55. The van der Waals surface area contributed by atoms with E-state index in [0.29, 0.717) is 6.04 Å². The standard InChI is InChI=1S/C20H33N3O2/c1-15(2)20(4,25)14-21-19(24)22-18-10-12-23(13-11-18)16(3)17-8-6-5-7-9-17/h5-9,15-16,18,25H,10-14H2,1-4H3,(H2,21,22,24). The molecule has 25 heavy (non-hydrogen) atoms. The third kappa shape index (κ3) is 5.72. The summed E-state index contributed by atoms with van der Waals surface area (Å²) >= 11 is 0. The molecule has 1 aromatic carbocycles. The average molecular weight is 348 g/mol. The predicted molar refractivity (Wildman–Crippen MR) is 101 cm³/mol. The van der Waals surface area contributed by atoms with Crippen LogP contribution in [0.25, 0.3) is 0 Å². The van der Waals surface area contributed by atoms with E-state index >= 15 is 0 Å². The fourth-order valence-electron chi connectivity index (χ4n) is 3.07. The van der Waals surface area contributed by atoms with Crippen LogP contribution in [0.4, 0.5) is 4.79 Å². The van der Waals surface area contributed by atoms with Crippen LogP contribution in [0.5, 0.6) is 0 Å². The van der Waals surface area contributed by atoms with Gasteiger partial charge in [-0.2, -0.15) is 0 Å². The van der Waals surface area contributed by atoms with Crippen LogP contribution in [0.3, 0.4) is 0 Å². The van der Waals surface area contributed by atoms with E-state index in [1.165, 1.54) is 5.56 Å². The minimum atomic E-state index is -0.883. The average Bonchev–Trinajstić information content (AvgIpc) is 2.61. The second kappa shape index (κ2) is 8.68. The van der Waals surface area contributed by atoms with Crippen LogP contribution in [-0.2, 0) is 0 Å². The second-order valence-corrected chi connectivity index (χ2v) is 7.74. The number of piperidine rings is 1. The Bertz CT molecular complexity index is 537. The molecule has 140 valence electrons. The Morgan fingerprint density at radius 1 is 1.24 bits per heavy atom. The zero-order chi connectivity index (χ0) is 18.4. The number of aliphatic hydroxyl groups is 1. The number of carbonyl (C=O) groups is 1. The lowest BCUT2D eigenvalue weighted by Gasteiger charge is -2.36. The van der Waals surface area contributed by atoms with Crippen molar-refractivity contribution >= 4 is 6.03 Å². The van der Waals surface area contributed by atoms with E-state index in [0.717, 1.165) is 25.9 Å². The first-order chi connectivity index (χ1) is 11.8. The maximum Gasteiger partial charge on any atom is 0.315 e. The van der Waals surface area contributed by atoms with Gasteiger partial charge in [0.05, 0.1) is 5.60 Å². The van der Waals surface area contributed by atoms with E-state index in [-0.39, 0.29) is 24.5 Å². The molecule has 5 heteroatoms. The van der Waals surface area contributed by atoms with Crippen molar-refractivity contribution in [3.05, 3.63) is 35.9 Å². The minimum Gasteiger partial charge on any atom is -0.388 e. The van der Waals surface area contributed by atoms with E-state index in [9.17, 15) is 9.90 Å². The number of rotatable bonds is 6. The van der Waals surface area contributed by atoms with Gasteiger partial charge in [-0.3, -0.25) is 4.90 Å². The van der Waals surface area contributed by atoms with Crippen molar-refractivity contribution in [1.29, 1.82) is 0 Å². The SMILES string of the molecule is CC(c1ccccc1)N1CCC(NC(=O)NCC(C)(O)C(C)C)CC1. The molecular weight excluding hydrogens is 314 g/mol. The summed E-state index contributed by atoms with van der Waals surface area (Å²) in [7, 11) is 0. The molecule has 2 amide bonds. The van der Waals surface area contributed by atoms with Crippen molar-refractivity contribution in [2.75, 3.05) is 19.6 Å². The predicted octanol–water partition coefficient (Wildman–Crippen LogP) is 2.92. The number of likely N-dealkylation sites (tertiary alicyclic amines) is 1. The van der Waals surface area contributed by atoms with Crippen molar-refractivity contribution in [2.24, 2.45) is 5.92 Å². The van der Waals surface area contributed by atoms with Crippen LogP contribution in [0.2, 0.25) is 0 Å². The number of nitrogens with one attached hydrogen (secondary N) is 2. The largest absolute Gasteiger partial charge is 0.388 e. The fraction of sp³-hybridized carbons (Fsp3) is 0.650. The Morgan fingerprint density at radius 3 is 2.40 bits per heavy atom. The number of carbonyl (C=O) groups excluding carboxylic acids is 1. The normalized spacial score (nSPS) is 20.1. The molecule has 1 aliphatic heterocycles. The first kappa shape index (κ1) is 19.7. The Kier molecular flexibility index (Phi) is 6.85. The molecule has 1 heterocycles. The molecule has 1 aliphatic rings. The molecule has 1 saturated heterocycles. The first-order valence-corrected chi connectivity index (χ1v) is 9.35. The smallest absolute Gasteiger partial charge is 0.315 e. The molecule has 1 fully saturated rings.